The normalized spacial score (nSPS) is 17.9. The topological polar surface area (TPSA) is 64.8 Å². The lowest BCUT2D eigenvalue weighted by molar-refractivity contribution is 0.0275. The molecule has 23 heavy (non-hydrogen) atoms. The maximum absolute atomic E-state index is 12.1. The first-order chi connectivity index (χ1) is 10.8. The fraction of sp³-hybridized carbons (Fsp3) is 0.500. The number of likely N-dealkylation sites (tertiary alicyclic amines) is 1. The smallest absolute Gasteiger partial charge is 0.410 e. The van der Waals surface area contributed by atoms with Crippen LogP contribution >= 0.6 is 0 Å². The van der Waals surface area contributed by atoms with Gasteiger partial charge < -0.3 is 20.1 Å². The van der Waals surface area contributed by atoms with Crippen LogP contribution in [0.3, 0.4) is 0 Å². The number of anilines is 1. The van der Waals surface area contributed by atoms with Crippen LogP contribution in [0, 0.1) is 0 Å². The summed E-state index contributed by atoms with van der Waals surface area (Å²) in [5, 5.41) is 0. The summed E-state index contributed by atoms with van der Waals surface area (Å²) in [4.78, 5) is 13.8. The van der Waals surface area contributed by atoms with E-state index in [1.54, 1.807) is 4.90 Å². The molecule has 0 spiro atoms. The van der Waals surface area contributed by atoms with E-state index in [0.29, 0.717) is 25.2 Å². The molecule has 1 aliphatic rings. The number of nitrogens with two attached hydrogens (primary N) is 1. The molecule has 1 atom stereocenters. The number of ether oxygens (including phenoxy) is 2. The molecule has 0 bridgehead atoms. The van der Waals surface area contributed by atoms with Gasteiger partial charge in [-0.1, -0.05) is 6.08 Å². The van der Waals surface area contributed by atoms with Crippen LogP contribution < -0.4 is 10.5 Å². The number of allylic oxidation sites excluding steroid dienone is 1. The van der Waals surface area contributed by atoms with Gasteiger partial charge in [-0.05, 0) is 51.0 Å². The molecule has 126 valence electrons. The molecule has 1 amide bonds. The molecule has 0 saturated carbocycles. The van der Waals surface area contributed by atoms with Crippen LogP contribution in [0.15, 0.2) is 30.9 Å². The number of carbonyl (C=O) groups is 1. The molecule has 1 fully saturated rings. The second kappa shape index (κ2) is 6.94. The van der Waals surface area contributed by atoms with Gasteiger partial charge in [-0.3, -0.25) is 0 Å². The van der Waals surface area contributed by atoms with Crippen molar-refractivity contribution in [1.82, 2.24) is 4.90 Å². The van der Waals surface area contributed by atoms with Crippen molar-refractivity contribution in [2.75, 3.05) is 18.8 Å². The SMILES string of the molecule is C=CCc1cc(N)ccc1OC1CCN(C(=O)OC(C)(C)C)C1. The third-order valence-corrected chi connectivity index (χ3v) is 3.54. The fourth-order valence-electron chi connectivity index (χ4n) is 2.53. The predicted octanol–water partition coefficient (Wildman–Crippen LogP) is 3.39. The Hall–Kier alpha value is -2.17. The minimum Gasteiger partial charge on any atom is -0.488 e. The van der Waals surface area contributed by atoms with Crippen molar-refractivity contribution in [3.8, 4) is 5.75 Å². The molecule has 1 aromatic rings. The van der Waals surface area contributed by atoms with Crippen molar-refractivity contribution in [3.05, 3.63) is 36.4 Å². The number of benzene rings is 1. The summed E-state index contributed by atoms with van der Waals surface area (Å²) in [6, 6.07) is 5.60. The van der Waals surface area contributed by atoms with Crippen LogP contribution in [-0.4, -0.2) is 35.8 Å². The number of hydrogen-bond acceptors (Lipinski definition) is 4. The Labute approximate surface area is 138 Å². The van der Waals surface area contributed by atoms with Gasteiger partial charge in [-0.2, -0.15) is 0 Å². The lowest BCUT2D eigenvalue weighted by Gasteiger charge is -2.24. The summed E-state index contributed by atoms with van der Waals surface area (Å²) >= 11 is 0. The molecule has 5 heteroatoms. The monoisotopic (exact) mass is 318 g/mol. The van der Waals surface area contributed by atoms with Crippen LogP contribution in [0.1, 0.15) is 32.8 Å². The zero-order chi connectivity index (χ0) is 17.0. The van der Waals surface area contributed by atoms with E-state index in [-0.39, 0.29) is 12.2 Å². The Bertz CT molecular complexity index is 578. The molecular weight excluding hydrogens is 292 g/mol. The molecule has 0 aromatic heterocycles. The number of carbonyl (C=O) groups excluding carboxylic acids is 1. The lowest BCUT2D eigenvalue weighted by Crippen LogP contribution is -2.36. The van der Waals surface area contributed by atoms with Crippen molar-refractivity contribution < 1.29 is 14.3 Å². The minimum atomic E-state index is -0.482. The molecule has 1 aromatic carbocycles. The fourth-order valence-corrected chi connectivity index (χ4v) is 2.53. The Morgan fingerprint density at radius 1 is 1.48 bits per heavy atom. The van der Waals surface area contributed by atoms with E-state index in [9.17, 15) is 4.79 Å². The highest BCUT2D eigenvalue weighted by atomic mass is 16.6. The third-order valence-electron chi connectivity index (χ3n) is 3.54. The van der Waals surface area contributed by atoms with Gasteiger partial charge in [0.25, 0.3) is 0 Å². The summed E-state index contributed by atoms with van der Waals surface area (Å²) in [7, 11) is 0. The van der Waals surface area contributed by atoms with Crippen LogP contribution in [0.5, 0.6) is 5.75 Å². The largest absolute Gasteiger partial charge is 0.488 e. The Balaban J connectivity index is 1.98. The van der Waals surface area contributed by atoms with Crippen LogP contribution in [-0.2, 0) is 11.2 Å². The maximum Gasteiger partial charge on any atom is 0.410 e. The summed E-state index contributed by atoms with van der Waals surface area (Å²) < 4.78 is 11.5. The van der Waals surface area contributed by atoms with Crippen LogP contribution in [0.4, 0.5) is 10.5 Å². The molecule has 2 rings (SSSR count). The van der Waals surface area contributed by atoms with Crippen molar-refractivity contribution in [3.63, 3.8) is 0 Å². The minimum absolute atomic E-state index is 0.0327. The van der Waals surface area contributed by atoms with E-state index in [0.717, 1.165) is 17.7 Å². The van der Waals surface area contributed by atoms with Gasteiger partial charge in [-0.15, -0.1) is 6.58 Å². The van der Waals surface area contributed by atoms with Gasteiger partial charge in [0.05, 0.1) is 6.54 Å². The number of rotatable bonds is 4. The highest BCUT2D eigenvalue weighted by Crippen LogP contribution is 2.26. The Kier molecular flexibility index (Phi) is 5.19. The highest BCUT2D eigenvalue weighted by molar-refractivity contribution is 5.68. The molecule has 1 unspecified atom stereocenters. The molecule has 2 N–H and O–H groups in total. The summed E-state index contributed by atoms with van der Waals surface area (Å²) in [5.41, 5.74) is 7.06. The van der Waals surface area contributed by atoms with Crippen molar-refractivity contribution in [1.29, 1.82) is 0 Å². The van der Waals surface area contributed by atoms with Gasteiger partial charge in [-0.25, -0.2) is 4.79 Å². The quantitative estimate of drug-likeness (QED) is 0.683. The van der Waals surface area contributed by atoms with Gasteiger partial charge in [0.1, 0.15) is 17.5 Å². The van der Waals surface area contributed by atoms with E-state index < -0.39 is 5.60 Å². The van der Waals surface area contributed by atoms with Gasteiger partial charge in [0.15, 0.2) is 0 Å². The standard InChI is InChI=1S/C18H26N2O3/c1-5-6-13-11-14(19)7-8-16(13)22-15-9-10-20(12-15)17(21)23-18(2,3)4/h5,7-8,11,15H,1,6,9-10,12,19H2,2-4H3. The Morgan fingerprint density at radius 2 is 2.22 bits per heavy atom. The van der Waals surface area contributed by atoms with Gasteiger partial charge >= 0.3 is 6.09 Å². The lowest BCUT2D eigenvalue weighted by atomic mass is 10.1. The van der Waals surface area contributed by atoms with E-state index in [1.807, 2.05) is 45.0 Å². The van der Waals surface area contributed by atoms with E-state index in [2.05, 4.69) is 6.58 Å². The zero-order valence-corrected chi connectivity index (χ0v) is 14.2. The third kappa shape index (κ3) is 4.91. The van der Waals surface area contributed by atoms with E-state index >= 15 is 0 Å². The first-order valence-electron chi connectivity index (χ1n) is 7.92. The number of nitrogen functional groups attached to an aromatic ring is 1. The first kappa shape index (κ1) is 17.2. The number of nitrogens with zero attached hydrogens (tertiary/aromatic N) is 1. The molecule has 5 nitrogen and oxygen atoms in total. The van der Waals surface area contributed by atoms with Crippen molar-refractivity contribution in [2.45, 2.75) is 45.3 Å². The van der Waals surface area contributed by atoms with Gasteiger partial charge in [0.2, 0.25) is 0 Å². The number of amides is 1. The summed E-state index contributed by atoms with van der Waals surface area (Å²) in [5.74, 6) is 0.801. The van der Waals surface area contributed by atoms with Crippen molar-refractivity contribution in [2.24, 2.45) is 0 Å². The second-order valence-electron chi connectivity index (χ2n) is 6.81. The molecule has 1 saturated heterocycles. The highest BCUT2D eigenvalue weighted by Gasteiger charge is 2.31. The van der Waals surface area contributed by atoms with Crippen LogP contribution in [0.2, 0.25) is 0 Å². The Morgan fingerprint density at radius 3 is 2.87 bits per heavy atom. The zero-order valence-electron chi connectivity index (χ0n) is 14.2. The molecular formula is C18H26N2O3. The summed E-state index contributed by atoms with van der Waals surface area (Å²) in [6.45, 7) is 10.5. The van der Waals surface area contributed by atoms with E-state index in [4.69, 9.17) is 15.2 Å². The maximum atomic E-state index is 12.1. The number of hydrogen-bond donors (Lipinski definition) is 1. The average Bonchev–Trinajstić information content (AvgIpc) is 2.89. The first-order valence-corrected chi connectivity index (χ1v) is 7.92. The predicted molar refractivity (Wildman–Crippen MR) is 91.6 cm³/mol. The molecule has 0 aliphatic carbocycles. The molecule has 1 heterocycles. The molecule has 0 radical (unpaired) electrons. The van der Waals surface area contributed by atoms with Crippen LogP contribution in [0.25, 0.3) is 0 Å². The average molecular weight is 318 g/mol. The van der Waals surface area contributed by atoms with Crippen molar-refractivity contribution >= 4 is 11.8 Å². The van der Waals surface area contributed by atoms with E-state index in [1.165, 1.54) is 0 Å². The summed E-state index contributed by atoms with van der Waals surface area (Å²) in [6.07, 6.45) is 2.99. The molecule has 1 aliphatic heterocycles. The second-order valence-corrected chi connectivity index (χ2v) is 6.81. The van der Waals surface area contributed by atoms with Gasteiger partial charge in [0, 0.05) is 18.7 Å².